The highest BCUT2D eigenvalue weighted by Crippen LogP contribution is 2.19. The van der Waals surface area contributed by atoms with Gasteiger partial charge in [-0.3, -0.25) is 10.1 Å². The molecule has 2 aromatic carbocycles. The molecule has 8 heteroatoms. The molecule has 0 radical (unpaired) electrons. The molecular formula is C17H19N3O4S. The number of para-hydroxylation sites is 1. The maximum Gasteiger partial charge on any atom is 0.325 e. The van der Waals surface area contributed by atoms with Crippen LogP contribution in [0.15, 0.2) is 53.4 Å². The van der Waals surface area contributed by atoms with E-state index in [1.807, 2.05) is 6.07 Å². The Kier molecular flexibility index (Phi) is 5.76. The third-order valence-corrected chi connectivity index (χ3v) is 4.47. The van der Waals surface area contributed by atoms with Gasteiger partial charge in [-0.05, 0) is 36.8 Å². The Labute approximate surface area is 146 Å². The topological polar surface area (TPSA) is 104 Å². The van der Waals surface area contributed by atoms with Crippen LogP contribution >= 0.6 is 0 Å². The van der Waals surface area contributed by atoms with Crippen LogP contribution in [0, 0.1) is 6.92 Å². The van der Waals surface area contributed by atoms with Crippen LogP contribution < -0.4 is 16.0 Å². The Morgan fingerprint density at radius 2 is 1.72 bits per heavy atom. The summed E-state index contributed by atoms with van der Waals surface area (Å²) in [5, 5.41) is 7.56. The smallest absolute Gasteiger partial charge is 0.325 e. The molecular weight excluding hydrogens is 342 g/mol. The van der Waals surface area contributed by atoms with E-state index in [1.54, 1.807) is 37.3 Å². The summed E-state index contributed by atoms with van der Waals surface area (Å²) >= 11 is 0. The number of carbonyl (C=O) groups is 2. The first-order valence-electron chi connectivity index (χ1n) is 7.46. The van der Waals surface area contributed by atoms with Crippen molar-refractivity contribution in [2.75, 3.05) is 23.4 Å². The van der Waals surface area contributed by atoms with E-state index in [9.17, 15) is 18.0 Å². The lowest BCUT2D eigenvalue weighted by atomic mass is 10.2. The molecule has 0 aliphatic carbocycles. The number of carbonyl (C=O) groups excluding carboxylic acids is 2. The lowest BCUT2D eigenvalue weighted by Crippen LogP contribution is -2.38. The standard InChI is InChI=1S/C17H19N3O4S/c1-12-8-9-14(25(2,23)24)10-15(12)18-11-16(21)20-17(22)19-13-6-4-3-5-7-13/h3-10,18H,11H2,1-2H3,(H2,19,20,21,22). The predicted octanol–water partition coefficient (Wildman–Crippen LogP) is 2.16. The van der Waals surface area contributed by atoms with Crippen LogP contribution in [0.1, 0.15) is 5.56 Å². The van der Waals surface area contributed by atoms with Gasteiger partial charge in [0.25, 0.3) is 0 Å². The van der Waals surface area contributed by atoms with Crippen molar-refractivity contribution < 1.29 is 18.0 Å². The van der Waals surface area contributed by atoms with Crippen LogP contribution in [0.5, 0.6) is 0 Å². The van der Waals surface area contributed by atoms with E-state index in [4.69, 9.17) is 0 Å². The maximum absolute atomic E-state index is 11.9. The molecule has 0 saturated carbocycles. The molecule has 0 saturated heterocycles. The number of benzene rings is 2. The average molecular weight is 361 g/mol. The van der Waals surface area contributed by atoms with Gasteiger partial charge in [-0.1, -0.05) is 24.3 Å². The number of hydrogen-bond donors (Lipinski definition) is 3. The number of amides is 3. The third kappa shape index (κ3) is 5.61. The fourth-order valence-electron chi connectivity index (χ4n) is 2.05. The molecule has 0 bridgehead atoms. The Hall–Kier alpha value is -2.87. The lowest BCUT2D eigenvalue weighted by molar-refractivity contribution is -0.118. The number of imide groups is 1. The fraction of sp³-hybridized carbons (Fsp3) is 0.176. The van der Waals surface area contributed by atoms with Gasteiger partial charge in [0, 0.05) is 17.6 Å². The number of urea groups is 1. The van der Waals surface area contributed by atoms with E-state index < -0.39 is 21.8 Å². The molecule has 0 aliphatic heterocycles. The summed E-state index contributed by atoms with van der Waals surface area (Å²) in [5.74, 6) is -0.544. The quantitative estimate of drug-likeness (QED) is 0.757. The Morgan fingerprint density at radius 1 is 1.04 bits per heavy atom. The molecule has 0 atom stereocenters. The second-order valence-corrected chi connectivity index (χ2v) is 7.49. The average Bonchev–Trinajstić information content (AvgIpc) is 2.53. The third-order valence-electron chi connectivity index (χ3n) is 3.36. The monoisotopic (exact) mass is 361 g/mol. The number of hydrogen-bond acceptors (Lipinski definition) is 5. The van der Waals surface area contributed by atoms with Crippen molar-refractivity contribution in [1.29, 1.82) is 0 Å². The zero-order valence-corrected chi connectivity index (χ0v) is 14.7. The normalized spacial score (nSPS) is 10.8. The molecule has 2 aromatic rings. The molecule has 3 N–H and O–H groups in total. The summed E-state index contributed by atoms with van der Waals surface area (Å²) in [5.41, 5.74) is 1.87. The van der Waals surface area contributed by atoms with Crippen LogP contribution in [-0.4, -0.2) is 33.2 Å². The number of sulfone groups is 1. The van der Waals surface area contributed by atoms with Gasteiger partial charge in [0.05, 0.1) is 11.4 Å². The van der Waals surface area contributed by atoms with Gasteiger partial charge in [-0.25, -0.2) is 13.2 Å². The summed E-state index contributed by atoms with van der Waals surface area (Å²) in [6.07, 6.45) is 1.11. The predicted molar refractivity (Wildman–Crippen MR) is 96.4 cm³/mol. The minimum atomic E-state index is -3.34. The molecule has 0 unspecified atom stereocenters. The molecule has 0 aliphatic rings. The van der Waals surface area contributed by atoms with Crippen molar-refractivity contribution in [3.8, 4) is 0 Å². The second kappa shape index (κ2) is 7.80. The van der Waals surface area contributed by atoms with Crippen LogP contribution in [0.4, 0.5) is 16.2 Å². The van der Waals surface area contributed by atoms with E-state index in [2.05, 4.69) is 16.0 Å². The minimum Gasteiger partial charge on any atom is -0.376 e. The van der Waals surface area contributed by atoms with Gasteiger partial charge in [0.1, 0.15) is 0 Å². The molecule has 0 fully saturated rings. The first-order valence-corrected chi connectivity index (χ1v) is 9.35. The van der Waals surface area contributed by atoms with E-state index in [0.717, 1.165) is 11.8 Å². The van der Waals surface area contributed by atoms with Crippen LogP contribution in [-0.2, 0) is 14.6 Å². The van der Waals surface area contributed by atoms with Crippen LogP contribution in [0.25, 0.3) is 0 Å². The molecule has 132 valence electrons. The van der Waals surface area contributed by atoms with Crippen molar-refractivity contribution in [3.63, 3.8) is 0 Å². The van der Waals surface area contributed by atoms with Gasteiger partial charge >= 0.3 is 6.03 Å². The first kappa shape index (κ1) is 18.5. The summed E-state index contributed by atoms with van der Waals surface area (Å²) in [7, 11) is -3.34. The Morgan fingerprint density at radius 3 is 2.36 bits per heavy atom. The first-order chi connectivity index (χ1) is 11.8. The van der Waals surface area contributed by atoms with Crippen molar-refractivity contribution >= 4 is 33.2 Å². The molecule has 7 nitrogen and oxygen atoms in total. The fourth-order valence-corrected chi connectivity index (χ4v) is 2.70. The molecule has 25 heavy (non-hydrogen) atoms. The van der Waals surface area contributed by atoms with Crippen molar-refractivity contribution in [3.05, 3.63) is 54.1 Å². The van der Waals surface area contributed by atoms with Gasteiger partial charge in [-0.2, -0.15) is 0 Å². The van der Waals surface area contributed by atoms with E-state index in [0.29, 0.717) is 11.4 Å². The summed E-state index contributed by atoms with van der Waals surface area (Å²) in [6, 6.07) is 12.7. The zero-order chi connectivity index (χ0) is 18.4. The highest BCUT2D eigenvalue weighted by molar-refractivity contribution is 7.90. The Bertz CT molecular complexity index is 880. The summed E-state index contributed by atoms with van der Waals surface area (Å²) in [6.45, 7) is 1.62. The lowest BCUT2D eigenvalue weighted by Gasteiger charge is -2.11. The summed E-state index contributed by atoms with van der Waals surface area (Å²) in [4.78, 5) is 23.7. The molecule has 3 amide bonds. The van der Waals surface area contributed by atoms with Crippen LogP contribution in [0.2, 0.25) is 0 Å². The largest absolute Gasteiger partial charge is 0.376 e. The number of anilines is 2. The Balaban J connectivity index is 1.93. The van der Waals surface area contributed by atoms with Gasteiger partial charge in [0.2, 0.25) is 5.91 Å². The molecule has 0 spiro atoms. The van der Waals surface area contributed by atoms with Gasteiger partial charge in [-0.15, -0.1) is 0 Å². The highest BCUT2D eigenvalue weighted by Gasteiger charge is 2.11. The minimum absolute atomic E-state index is 0.155. The van der Waals surface area contributed by atoms with Crippen molar-refractivity contribution in [1.82, 2.24) is 5.32 Å². The number of nitrogens with one attached hydrogen (secondary N) is 3. The van der Waals surface area contributed by atoms with E-state index >= 15 is 0 Å². The van der Waals surface area contributed by atoms with Gasteiger partial charge in [0.15, 0.2) is 9.84 Å². The van der Waals surface area contributed by atoms with Crippen LogP contribution in [0.3, 0.4) is 0 Å². The SMILES string of the molecule is Cc1ccc(S(C)(=O)=O)cc1NCC(=O)NC(=O)Nc1ccccc1. The number of aryl methyl sites for hydroxylation is 1. The van der Waals surface area contributed by atoms with E-state index in [1.165, 1.54) is 12.1 Å². The second-order valence-electron chi connectivity index (χ2n) is 5.47. The number of rotatable bonds is 5. The van der Waals surface area contributed by atoms with Crippen molar-refractivity contribution in [2.24, 2.45) is 0 Å². The molecule has 2 rings (SSSR count). The van der Waals surface area contributed by atoms with Crippen molar-refractivity contribution in [2.45, 2.75) is 11.8 Å². The van der Waals surface area contributed by atoms with E-state index in [-0.39, 0.29) is 11.4 Å². The maximum atomic E-state index is 11.9. The zero-order valence-electron chi connectivity index (χ0n) is 13.9. The molecule has 0 heterocycles. The highest BCUT2D eigenvalue weighted by atomic mass is 32.2. The van der Waals surface area contributed by atoms with Gasteiger partial charge < -0.3 is 10.6 Å². The summed E-state index contributed by atoms with van der Waals surface area (Å²) < 4.78 is 23.2. The molecule has 0 aromatic heterocycles.